The molecule has 1 saturated heterocycles. The molecule has 0 aromatic rings. The lowest BCUT2D eigenvalue weighted by atomic mass is 9.76. The van der Waals surface area contributed by atoms with Crippen LogP contribution >= 0.6 is 0 Å². The number of nitrogens with zero attached hydrogens (tertiary/aromatic N) is 1. The fourth-order valence-electron chi connectivity index (χ4n) is 3.59. The summed E-state index contributed by atoms with van der Waals surface area (Å²) >= 11 is 0. The van der Waals surface area contributed by atoms with Crippen LogP contribution in [-0.2, 0) is 14.4 Å². The van der Waals surface area contributed by atoms with Crippen molar-refractivity contribution in [3.8, 4) is 0 Å². The molecule has 2 amide bonds. The molecular weight excluding hydrogens is 260 g/mol. The first kappa shape index (κ1) is 13.5. The van der Waals surface area contributed by atoms with Gasteiger partial charge in [-0.05, 0) is 32.1 Å². The summed E-state index contributed by atoms with van der Waals surface area (Å²) in [5.41, 5.74) is -0.994. The number of carbonyl (C=O) groups is 3. The Hall–Kier alpha value is -1.43. The van der Waals surface area contributed by atoms with Crippen molar-refractivity contribution in [1.29, 1.82) is 0 Å². The first-order valence-electron chi connectivity index (χ1n) is 7.40. The topological polar surface area (TPSA) is 86.7 Å². The van der Waals surface area contributed by atoms with E-state index >= 15 is 0 Å². The summed E-state index contributed by atoms with van der Waals surface area (Å²) in [5, 5.41) is 12.3. The fourth-order valence-corrected chi connectivity index (χ4v) is 3.59. The van der Waals surface area contributed by atoms with Crippen LogP contribution in [0.3, 0.4) is 0 Å². The SMILES string of the molecule is O=C1CC(NC2(C(=O)O)CCC2)C(=O)N1C1CCCC1. The molecule has 0 aromatic heterocycles. The van der Waals surface area contributed by atoms with E-state index in [1.54, 1.807) is 0 Å². The molecule has 0 spiro atoms. The van der Waals surface area contributed by atoms with Gasteiger partial charge in [0.05, 0.1) is 12.5 Å². The van der Waals surface area contributed by atoms with Crippen molar-refractivity contribution in [3.05, 3.63) is 0 Å². The van der Waals surface area contributed by atoms with E-state index in [-0.39, 0.29) is 24.3 Å². The van der Waals surface area contributed by atoms with Gasteiger partial charge >= 0.3 is 5.97 Å². The van der Waals surface area contributed by atoms with Crippen molar-refractivity contribution in [2.45, 2.75) is 69.0 Å². The largest absolute Gasteiger partial charge is 0.480 e. The fraction of sp³-hybridized carbons (Fsp3) is 0.786. The van der Waals surface area contributed by atoms with E-state index in [9.17, 15) is 19.5 Å². The highest BCUT2D eigenvalue weighted by molar-refractivity contribution is 6.06. The van der Waals surface area contributed by atoms with Gasteiger partial charge in [0.25, 0.3) is 0 Å². The summed E-state index contributed by atoms with van der Waals surface area (Å²) in [7, 11) is 0. The molecule has 0 bridgehead atoms. The van der Waals surface area contributed by atoms with Gasteiger partial charge in [0.1, 0.15) is 5.54 Å². The second-order valence-electron chi connectivity index (χ2n) is 6.18. The summed E-state index contributed by atoms with van der Waals surface area (Å²) in [6.07, 6.45) is 5.89. The summed E-state index contributed by atoms with van der Waals surface area (Å²) in [5.74, 6) is -1.29. The van der Waals surface area contributed by atoms with E-state index in [1.807, 2.05) is 0 Å². The molecule has 0 radical (unpaired) electrons. The Bertz CT molecular complexity index is 452. The molecule has 6 nitrogen and oxygen atoms in total. The number of rotatable bonds is 4. The first-order valence-corrected chi connectivity index (χ1v) is 7.40. The van der Waals surface area contributed by atoms with E-state index in [1.165, 1.54) is 4.90 Å². The van der Waals surface area contributed by atoms with Gasteiger partial charge in [-0.2, -0.15) is 0 Å². The molecule has 2 N–H and O–H groups in total. The quantitative estimate of drug-likeness (QED) is 0.738. The number of amides is 2. The highest BCUT2D eigenvalue weighted by Crippen LogP contribution is 2.35. The van der Waals surface area contributed by atoms with Crippen LogP contribution < -0.4 is 5.32 Å². The minimum Gasteiger partial charge on any atom is -0.480 e. The van der Waals surface area contributed by atoms with Gasteiger partial charge in [-0.15, -0.1) is 0 Å². The van der Waals surface area contributed by atoms with Gasteiger partial charge in [-0.1, -0.05) is 12.8 Å². The Morgan fingerprint density at radius 2 is 1.85 bits per heavy atom. The number of hydrogen-bond acceptors (Lipinski definition) is 4. The molecule has 1 atom stereocenters. The summed E-state index contributed by atoms with van der Waals surface area (Å²) in [6, 6.07) is -0.622. The number of carboxylic acids is 1. The van der Waals surface area contributed by atoms with Crippen molar-refractivity contribution >= 4 is 17.8 Å². The molecule has 6 heteroatoms. The summed E-state index contributed by atoms with van der Waals surface area (Å²) in [6.45, 7) is 0. The average molecular weight is 280 g/mol. The monoisotopic (exact) mass is 280 g/mol. The number of aliphatic carboxylic acids is 1. The third-order valence-corrected chi connectivity index (χ3v) is 4.94. The predicted octanol–water partition coefficient (Wildman–Crippen LogP) is 0.653. The molecule has 0 aromatic carbocycles. The van der Waals surface area contributed by atoms with Crippen molar-refractivity contribution in [1.82, 2.24) is 10.2 Å². The molecule has 20 heavy (non-hydrogen) atoms. The molecule has 1 aliphatic heterocycles. The second kappa shape index (κ2) is 4.84. The van der Waals surface area contributed by atoms with Crippen LogP contribution in [-0.4, -0.2) is 45.4 Å². The molecule has 3 aliphatic rings. The molecule has 3 fully saturated rings. The van der Waals surface area contributed by atoms with Crippen LogP contribution in [0.5, 0.6) is 0 Å². The molecule has 2 aliphatic carbocycles. The van der Waals surface area contributed by atoms with E-state index in [2.05, 4.69) is 5.32 Å². The van der Waals surface area contributed by atoms with Crippen LogP contribution in [0.1, 0.15) is 51.4 Å². The lowest BCUT2D eigenvalue weighted by Crippen LogP contribution is -2.61. The smallest absolute Gasteiger partial charge is 0.323 e. The maximum absolute atomic E-state index is 12.4. The summed E-state index contributed by atoms with van der Waals surface area (Å²) in [4.78, 5) is 37.2. The van der Waals surface area contributed by atoms with E-state index in [4.69, 9.17) is 0 Å². The average Bonchev–Trinajstić information content (AvgIpc) is 2.92. The van der Waals surface area contributed by atoms with E-state index in [0.717, 1.165) is 32.1 Å². The number of hydrogen-bond donors (Lipinski definition) is 2. The van der Waals surface area contributed by atoms with E-state index < -0.39 is 17.6 Å². The zero-order valence-corrected chi connectivity index (χ0v) is 11.4. The summed E-state index contributed by atoms with van der Waals surface area (Å²) < 4.78 is 0. The van der Waals surface area contributed by atoms with Crippen LogP contribution in [0.2, 0.25) is 0 Å². The number of carbonyl (C=O) groups excluding carboxylic acids is 2. The third-order valence-electron chi connectivity index (χ3n) is 4.94. The molecule has 3 rings (SSSR count). The molecule has 110 valence electrons. The van der Waals surface area contributed by atoms with Crippen LogP contribution in [0, 0.1) is 0 Å². The van der Waals surface area contributed by atoms with Crippen LogP contribution in [0.25, 0.3) is 0 Å². The van der Waals surface area contributed by atoms with Gasteiger partial charge in [0, 0.05) is 6.04 Å². The molecule has 2 saturated carbocycles. The normalized spacial score (nSPS) is 29.8. The molecule has 1 unspecified atom stereocenters. The van der Waals surface area contributed by atoms with Gasteiger partial charge < -0.3 is 5.11 Å². The van der Waals surface area contributed by atoms with Crippen LogP contribution in [0.15, 0.2) is 0 Å². The Kier molecular flexibility index (Phi) is 3.28. The van der Waals surface area contributed by atoms with Crippen molar-refractivity contribution in [2.75, 3.05) is 0 Å². The minimum atomic E-state index is -0.994. The highest BCUT2D eigenvalue weighted by Gasteiger charge is 2.51. The Morgan fingerprint density at radius 1 is 1.20 bits per heavy atom. The number of carboxylic acid groups (broad SMARTS) is 1. The van der Waals surface area contributed by atoms with Crippen molar-refractivity contribution in [3.63, 3.8) is 0 Å². The second-order valence-corrected chi connectivity index (χ2v) is 6.18. The maximum atomic E-state index is 12.4. The predicted molar refractivity (Wildman–Crippen MR) is 69.9 cm³/mol. The van der Waals surface area contributed by atoms with Crippen molar-refractivity contribution < 1.29 is 19.5 Å². The molecular formula is C14H20N2O4. The lowest BCUT2D eigenvalue weighted by molar-refractivity contribution is -0.149. The van der Waals surface area contributed by atoms with Gasteiger partial charge in [-0.3, -0.25) is 24.6 Å². The third kappa shape index (κ3) is 2.02. The first-order chi connectivity index (χ1) is 9.53. The molecule has 1 heterocycles. The Balaban J connectivity index is 1.71. The Morgan fingerprint density at radius 3 is 2.35 bits per heavy atom. The zero-order valence-electron chi connectivity index (χ0n) is 11.4. The standard InChI is InChI=1S/C14H20N2O4/c17-11-8-10(15-14(13(19)20)6-3-7-14)12(18)16(11)9-4-1-2-5-9/h9-10,15H,1-8H2,(H,19,20). The Labute approximate surface area is 117 Å². The maximum Gasteiger partial charge on any atom is 0.323 e. The van der Waals surface area contributed by atoms with Gasteiger partial charge in [0.15, 0.2) is 0 Å². The van der Waals surface area contributed by atoms with Crippen LogP contribution in [0.4, 0.5) is 0 Å². The number of nitrogens with one attached hydrogen (secondary N) is 1. The zero-order chi connectivity index (χ0) is 14.3. The van der Waals surface area contributed by atoms with Crippen molar-refractivity contribution in [2.24, 2.45) is 0 Å². The van der Waals surface area contributed by atoms with Gasteiger partial charge in [-0.25, -0.2) is 0 Å². The van der Waals surface area contributed by atoms with Gasteiger partial charge in [0.2, 0.25) is 11.8 Å². The number of likely N-dealkylation sites (tertiary alicyclic amines) is 1. The minimum absolute atomic E-state index is 0.0315. The lowest BCUT2D eigenvalue weighted by Gasteiger charge is -2.40. The highest BCUT2D eigenvalue weighted by atomic mass is 16.4. The number of imide groups is 1. The van der Waals surface area contributed by atoms with E-state index in [0.29, 0.717) is 12.8 Å².